The maximum Gasteiger partial charge on any atom is 0.200 e. The van der Waals surface area contributed by atoms with Crippen molar-refractivity contribution in [3.05, 3.63) is 24.3 Å². The molecule has 52 valence electrons. The smallest absolute Gasteiger partial charge is 0.200 e. The summed E-state index contributed by atoms with van der Waals surface area (Å²) in [7, 11) is 0. The highest BCUT2D eigenvalue weighted by Crippen LogP contribution is 2.24. The number of para-hydroxylation sites is 1. The van der Waals surface area contributed by atoms with Crippen LogP contribution in [0.4, 0.5) is 5.69 Å². The van der Waals surface area contributed by atoms with E-state index in [2.05, 4.69) is 10.3 Å². The van der Waals surface area contributed by atoms with E-state index in [4.69, 9.17) is 0 Å². The Morgan fingerprint density at radius 3 is 2.90 bits per heavy atom. The molecule has 0 radical (unpaired) electrons. The highest BCUT2D eigenvalue weighted by atomic mass is 32.2. The summed E-state index contributed by atoms with van der Waals surface area (Å²) in [5.41, 5.74) is 3.70. The minimum Gasteiger partial charge on any atom is -0.591 e. The molecular weight excluding hydrogens is 148 g/mol. The van der Waals surface area contributed by atoms with E-state index in [1.165, 1.54) is 0 Å². The molecule has 10 heavy (non-hydrogen) atoms. The van der Waals surface area contributed by atoms with E-state index in [1.807, 2.05) is 24.3 Å². The molecule has 1 aliphatic rings. The zero-order valence-corrected chi connectivity index (χ0v) is 5.94. The zero-order valence-electron chi connectivity index (χ0n) is 5.13. The van der Waals surface area contributed by atoms with Crippen molar-refractivity contribution in [1.82, 2.24) is 4.83 Å². The fraction of sp³-hybridized carbons (Fsp3) is 0. The third kappa shape index (κ3) is 0.775. The van der Waals surface area contributed by atoms with Gasteiger partial charge in [-0.15, -0.1) is 0 Å². The molecule has 1 aromatic rings. The van der Waals surface area contributed by atoms with Gasteiger partial charge in [0.25, 0.3) is 0 Å². The Balaban J connectivity index is 2.51. The molecule has 1 aliphatic heterocycles. The minimum absolute atomic E-state index is 0.822. The third-order valence-electron chi connectivity index (χ3n) is 1.37. The summed E-state index contributed by atoms with van der Waals surface area (Å²) in [4.78, 5) is 3.43. The third-order valence-corrected chi connectivity index (χ3v) is 2.41. The predicted octanol–water partition coefficient (Wildman–Crippen LogP) is 0.639. The van der Waals surface area contributed by atoms with Crippen LogP contribution in [0.15, 0.2) is 29.2 Å². The van der Waals surface area contributed by atoms with Gasteiger partial charge in [0.05, 0.1) is 0 Å². The average molecular weight is 154 g/mol. The number of fused-ring (bicyclic) bond motifs is 1. The number of benzene rings is 1. The Morgan fingerprint density at radius 1 is 1.30 bits per heavy atom. The number of hydrogen-bond acceptors (Lipinski definition) is 3. The highest BCUT2D eigenvalue weighted by Gasteiger charge is 2.22. The molecule has 0 aliphatic carbocycles. The molecule has 3 nitrogen and oxygen atoms in total. The lowest BCUT2D eigenvalue weighted by Gasteiger charge is -1.97. The normalized spacial score (nSPS) is 21.9. The van der Waals surface area contributed by atoms with Crippen LogP contribution in [-0.4, -0.2) is 4.55 Å². The van der Waals surface area contributed by atoms with Gasteiger partial charge in [-0.2, -0.15) is 0 Å². The van der Waals surface area contributed by atoms with Gasteiger partial charge < -0.3 is 4.55 Å². The van der Waals surface area contributed by atoms with Gasteiger partial charge in [0, 0.05) is 0 Å². The number of hydrogen-bond donors (Lipinski definition) is 2. The van der Waals surface area contributed by atoms with Crippen molar-refractivity contribution in [3.8, 4) is 0 Å². The van der Waals surface area contributed by atoms with E-state index < -0.39 is 11.4 Å². The molecule has 0 aromatic heterocycles. The summed E-state index contributed by atoms with van der Waals surface area (Å²) >= 11 is -1.06. The van der Waals surface area contributed by atoms with Crippen molar-refractivity contribution < 1.29 is 4.55 Å². The molecule has 2 N–H and O–H groups in total. The summed E-state index contributed by atoms with van der Waals surface area (Å²) in [6, 6.07) is 7.48. The summed E-state index contributed by atoms with van der Waals surface area (Å²) < 4.78 is 11.0. The fourth-order valence-electron chi connectivity index (χ4n) is 0.888. The van der Waals surface area contributed by atoms with Crippen molar-refractivity contribution in [2.45, 2.75) is 4.90 Å². The van der Waals surface area contributed by atoms with Gasteiger partial charge in [0.1, 0.15) is 17.0 Å². The fourth-order valence-corrected chi connectivity index (χ4v) is 1.72. The maximum atomic E-state index is 11.0. The maximum absolute atomic E-state index is 11.0. The summed E-state index contributed by atoms with van der Waals surface area (Å²) in [6.45, 7) is 0. The van der Waals surface area contributed by atoms with E-state index in [9.17, 15) is 4.55 Å². The molecule has 0 saturated heterocycles. The number of rotatable bonds is 0. The summed E-state index contributed by atoms with van der Waals surface area (Å²) in [6.07, 6.45) is 0. The van der Waals surface area contributed by atoms with Crippen LogP contribution in [0.3, 0.4) is 0 Å². The molecule has 0 amide bonds. The van der Waals surface area contributed by atoms with Crippen LogP contribution in [0.25, 0.3) is 0 Å². The average Bonchev–Trinajstić information content (AvgIpc) is 2.34. The molecule has 4 heteroatoms. The quantitative estimate of drug-likeness (QED) is 0.539. The number of anilines is 1. The van der Waals surface area contributed by atoms with Crippen LogP contribution >= 0.6 is 0 Å². The van der Waals surface area contributed by atoms with Crippen molar-refractivity contribution in [3.63, 3.8) is 0 Å². The van der Waals surface area contributed by atoms with Crippen molar-refractivity contribution in [1.29, 1.82) is 0 Å². The van der Waals surface area contributed by atoms with Crippen molar-refractivity contribution in [2.75, 3.05) is 5.43 Å². The molecule has 0 saturated carbocycles. The Labute approximate surface area is 61.7 Å². The number of nitrogens with one attached hydrogen (secondary N) is 2. The van der Waals surface area contributed by atoms with Gasteiger partial charge in [-0.1, -0.05) is 12.1 Å². The molecule has 1 atom stereocenters. The first-order valence-corrected chi connectivity index (χ1v) is 4.05. The Bertz CT molecular complexity index is 253. The lowest BCUT2D eigenvalue weighted by molar-refractivity contribution is 0.591. The topological polar surface area (TPSA) is 47.1 Å². The predicted molar refractivity (Wildman–Crippen MR) is 39.6 cm³/mol. The largest absolute Gasteiger partial charge is 0.591 e. The van der Waals surface area contributed by atoms with E-state index in [1.54, 1.807) is 0 Å². The molecule has 0 spiro atoms. The second kappa shape index (κ2) is 2.16. The minimum atomic E-state index is -1.06. The van der Waals surface area contributed by atoms with E-state index >= 15 is 0 Å². The van der Waals surface area contributed by atoms with E-state index in [0.717, 1.165) is 10.6 Å². The first-order valence-electron chi connectivity index (χ1n) is 2.90. The van der Waals surface area contributed by atoms with Crippen LogP contribution in [0.5, 0.6) is 0 Å². The lowest BCUT2D eigenvalue weighted by Crippen LogP contribution is -2.20. The Morgan fingerprint density at radius 2 is 2.10 bits per heavy atom. The molecule has 0 fully saturated rings. The first-order chi connectivity index (χ1) is 4.88. The van der Waals surface area contributed by atoms with Crippen LogP contribution in [0, 0.1) is 0 Å². The van der Waals surface area contributed by atoms with Gasteiger partial charge in [-0.3, -0.25) is 5.43 Å². The molecule has 1 unspecified atom stereocenters. The van der Waals surface area contributed by atoms with Gasteiger partial charge in [0.2, 0.25) is 0 Å². The van der Waals surface area contributed by atoms with Crippen molar-refractivity contribution in [2.24, 2.45) is 0 Å². The second-order valence-corrected chi connectivity index (χ2v) is 3.17. The van der Waals surface area contributed by atoms with Crippen LogP contribution in [-0.2, 0) is 11.4 Å². The summed E-state index contributed by atoms with van der Waals surface area (Å²) in [5, 5.41) is 0. The van der Waals surface area contributed by atoms with Gasteiger partial charge in [-0.05, 0) is 17.0 Å². The second-order valence-electron chi connectivity index (χ2n) is 1.99. The molecule has 2 rings (SSSR count). The van der Waals surface area contributed by atoms with Crippen LogP contribution < -0.4 is 10.3 Å². The van der Waals surface area contributed by atoms with Gasteiger partial charge >= 0.3 is 0 Å². The lowest BCUT2D eigenvalue weighted by atomic mass is 10.3. The Hall–Kier alpha value is -0.710. The first kappa shape index (κ1) is 6.03. The molecule has 0 bridgehead atoms. The van der Waals surface area contributed by atoms with E-state index in [-0.39, 0.29) is 0 Å². The Kier molecular flexibility index (Phi) is 1.30. The van der Waals surface area contributed by atoms with E-state index in [0.29, 0.717) is 0 Å². The van der Waals surface area contributed by atoms with Crippen LogP contribution in [0.2, 0.25) is 0 Å². The molecule has 1 heterocycles. The molecular formula is C6H6N2OS. The highest BCUT2D eigenvalue weighted by molar-refractivity contribution is 7.90. The SMILES string of the molecule is [O-][S+]1NNc2ccccc21. The van der Waals surface area contributed by atoms with Gasteiger partial charge in [0.15, 0.2) is 4.90 Å². The standard InChI is InChI=1S/C6H6N2OS/c9-10-6-4-2-1-3-5(6)7-8-10/h1-4,7-8H. The van der Waals surface area contributed by atoms with Crippen molar-refractivity contribution >= 4 is 17.0 Å². The van der Waals surface area contributed by atoms with Crippen LogP contribution in [0.1, 0.15) is 0 Å². The monoisotopic (exact) mass is 154 g/mol. The zero-order chi connectivity index (χ0) is 6.97. The molecule has 1 aromatic carbocycles. The number of hydrazine groups is 1. The summed E-state index contributed by atoms with van der Waals surface area (Å²) in [5.74, 6) is 0. The van der Waals surface area contributed by atoms with Gasteiger partial charge in [-0.25, -0.2) is 0 Å².